The topological polar surface area (TPSA) is 31.4 Å². The fourth-order valence-corrected chi connectivity index (χ4v) is 2.39. The molecule has 2 heterocycles. The highest BCUT2D eigenvalue weighted by atomic mass is 15.2. The third-order valence-corrected chi connectivity index (χ3v) is 3.60. The Morgan fingerprint density at radius 1 is 1.21 bits per heavy atom. The number of nitrogens with zero attached hydrogens (tertiary/aromatic N) is 3. The van der Waals surface area contributed by atoms with Crippen LogP contribution in [0.2, 0.25) is 0 Å². The highest BCUT2D eigenvalue weighted by Crippen LogP contribution is 2.10. The van der Waals surface area contributed by atoms with E-state index in [0.29, 0.717) is 0 Å². The number of rotatable bonds is 5. The second-order valence-electron chi connectivity index (χ2n) is 5.41. The zero-order chi connectivity index (χ0) is 13.5. The largest absolute Gasteiger partial charge is 0.370 e. The van der Waals surface area contributed by atoms with Gasteiger partial charge in [0.05, 0.1) is 0 Å². The molecule has 19 heavy (non-hydrogen) atoms. The summed E-state index contributed by atoms with van der Waals surface area (Å²) in [4.78, 5) is 9.41. The summed E-state index contributed by atoms with van der Waals surface area (Å²) in [6.45, 7) is 8.92. The van der Waals surface area contributed by atoms with E-state index < -0.39 is 0 Å². The van der Waals surface area contributed by atoms with Gasteiger partial charge in [-0.3, -0.25) is 4.90 Å². The molecule has 0 spiro atoms. The molecule has 1 saturated heterocycles. The number of nitrogens with one attached hydrogen (secondary N) is 1. The third-order valence-electron chi connectivity index (χ3n) is 3.60. The van der Waals surface area contributed by atoms with Crippen molar-refractivity contribution in [2.24, 2.45) is 0 Å². The van der Waals surface area contributed by atoms with Crippen LogP contribution in [-0.2, 0) is 6.54 Å². The molecule has 0 amide bonds. The molecule has 0 atom stereocenters. The minimum absolute atomic E-state index is 0.987. The van der Waals surface area contributed by atoms with Crippen molar-refractivity contribution in [3.63, 3.8) is 0 Å². The quantitative estimate of drug-likeness (QED) is 0.880. The Kier molecular flexibility index (Phi) is 5.61. The zero-order valence-electron chi connectivity index (χ0n) is 12.2. The standard InChI is InChI=1S/C15H26N4/c1-3-7-16-15-6-5-14(12-17-15)13-19-9-4-8-18(2)10-11-19/h5-6,12H,3-4,7-11,13H2,1-2H3,(H,16,17). The summed E-state index contributed by atoms with van der Waals surface area (Å²) in [6, 6.07) is 4.29. The Bertz CT molecular complexity index is 363. The molecule has 1 fully saturated rings. The number of aromatic nitrogens is 1. The lowest BCUT2D eigenvalue weighted by molar-refractivity contribution is 0.269. The summed E-state index contributed by atoms with van der Waals surface area (Å²) in [5, 5.41) is 3.31. The van der Waals surface area contributed by atoms with E-state index >= 15 is 0 Å². The molecule has 0 bridgehead atoms. The van der Waals surface area contributed by atoms with Crippen LogP contribution in [0.5, 0.6) is 0 Å². The SMILES string of the molecule is CCCNc1ccc(CN2CCCN(C)CC2)cn1. The Labute approximate surface area is 116 Å². The molecule has 106 valence electrons. The van der Waals surface area contributed by atoms with E-state index in [2.05, 4.69) is 46.2 Å². The lowest BCUT2D eigenvalue weighted by Gasteiger charge is -2.20. The molecule has 2 rings (SSSR count). The van der Waals surface area contributed by atoms with Gasteiger partial charge in [0.15, 0.2) is 0 Å². The summed E-state index contributed by atoms with van der Waals surface area (Å²) in [7, 11) is 2.21. The molecular formula is C15H26N4. The van der Waals surface area contributed by atoms with Crippen LogP contribution in [-0.4, -0.2) is 54.6 Å². The Morgan fingerprint density at radius 3 is 2.84 bits per heavy atom. The minimum atomic E-state index is 0.987. The zero-order valence-corrected chi connectivity index (χ0v) is 12.2. The van der Waals surface area contributed by atoms with Crippen molar-refractivity contribution in [1.82, 2.24) is 14.8 Å². The van der Waals surface area contributed by atoms with Crippen LogP contribution in [0.4, 0.5) is 5.82 Å². The van der Waals surface area contributed by atoms with Crippen LogP contribution in [0.25, 0.3) is 0 Å². The number of anilines is 1. The third kappa shape index (κ3) is 4.80. The van der Waals surface area contributed by atoms with E-state index in [1.807, 2.05) is 6.20 Å². The normalized spacial score (nSPS) is 18.2. The maximum atomic E-state index is 4.47. The van der Waals surface area contributed by atoms with Crippen molar-refractivity contribution in [2.75, 3.05) is 45.1 Å². The van der Waals surface area contributed by atoms with Crippen molar-refractivity contribution in [3.05, 3.63) is 23.9 Å². The average Bonchev–Trinajstić information content (AvgIpc) is 2.63. The molecule has 0 aliphatic carbocycles. The summed E-state index contributed by atoms with van der Waals surface area (Å²) < 4.78 is 0. The van der Waals surface area contributed by atoms with Crippen LogP contribution in [0.15, 0.2) is 18.3 Å². The maximum absolute atomic E-state index is 4.47. The van der Waals surface area contributed by atoms with Crippen LogP contribution in [0, 0.1) is 0 Å². The molecule has 1 aromatic rings. The Balaban J connectivity index is 1.84. The van der Waals surface area contributed by atoms with E-state index in [4.69, 9.17) is 0 Å². The molecule has 1 aromatic heterocycles. The molecule has 0 saturated carbocycles. The van der Waals surface area contributed by atoms with Crippen LogP contribution >= 0.6 is 0 Å². The van der Waals surface area contributed by atoms with Crippen LogP contribution in [0.3, 0.4) is 0 Å². The minimum Gasteiger partial charge on any atom is -0.370 e. The van der Waals surface area contributed by atoms with Gasteiger partial charge in [-0.25, -0.2) is 4.98 Å². The molecule has 1 aliphatic rings. The van der Waals surface area contributed by atoms with Gasteiger partial charge < -0.3 is 10.2 Å². The number of pyridine rings is 1. The smallest absolute Gasteiger partial charge is 0.125 e. The van der Waals surface area contributed by atoms with Crippen LogP contribution < -0.4 is 5.32 Å². The van der Waals surface area contributed by atoms with Crippen molar-refractivity contribution in [2.45, 2.75) is 26.3 Å². The molecule has 4 nitrogen and oxygen atoms in total. The summed E-state index contributed by atoms with van der Waals surface area (Å²) in [5.74, 6) is 0.987. The van der Waals surface area contributed by atoms with Crippen LogP contribution in [0.1, 0.15) is 25.3 Å². The fraction of sp³-hybridized carbons (Fsp3) is 0.667. The van der Waals surface area contributed by atoms with E-state index in [1.54, 1.807) is 0 Å². The van der Waals surface area contributed by atoms with Crippen molar-refractivity contribution < 1.29 is 0 Å². The van der Waals surface area contributed by atoms with Gasteiger partial charge in [-0.05, 0) is 44.6 Å². The summed E-state index contributed by atoms with van der Waals surface area (Å²) >= 11 is 0. The van der Waals surface area contributed by atoms with Gasteiger partial charge in [0, 0.05) is 32.4 Å². The predicted molar refractivity (Wildman–Crippen MR) is 80.4 cm³/mol. The van der Waals surface area contributed by atoms with Gasteiger partial charge in [-0.15, -0.1) is 0 Å². The van der Waals surface area contributed by atoms with Crippen molar-refractivity contribution in [3.8, 4) is 0 Å². The maximum Gasteiger partial charge on any atom is 0.125 e. The first kappa shape index (κ1) is 14.3. The molecular weight excluding hydrogens is 236 g/mol. The Hall–Kier alpha value is -1.13. The molecule has 1 aliphatic heterocycles. The Morgan fingerprint density at radius 2 is 2.11 bits per heavy atom. The summed E-state index contributed by atoms with van der Waals surface area (Å²) in [6.07, 6.45) is 4.40. The lowest BCUT2D eigenvalue weighted by Crippen LogP contribution is -2.28. The van der Waals surface area contributed by atoms with E-state index in [-0.39, 0.29) is 0 Å². The first-order chi connectivity index (χ1) is 9.28. The fourth-order valence-electron chi connectivity index (χ4n) is 2.39. The van der Waals surface area contributed by atoms with Gasteiger partial charge in [0.25, 0.3) is 0 Å². The van der Waals surface area contributed by atoms with E-state index in [9.17, 15) is 0 Å². The van der Waals surface area contributed by atoms with E-state index in [1.165, 1.54) is 31.6 Å². The molecule has 1 N–H and O–H groups in total. The molecule has 0 unspecified atom stereocenters. The number of likely N-dealkylation sites (N-methyl/N-ethyl adjacent to an activating group) is 1. The molecule has 4 heteroatoms. The highest BCUT2D eigenvalue weighted by molar-refractivity contribution is 5.35. The summed E-state index contributed by atoms with van der Waals surface area (Å²) in [5.41, 5.74) is 1.31. The first-order valence-corrected chi connectivity index (χ1v) is 7.37. The van der Waals surface area contributed by atoms with Crippen molar-refractivity contribution >= 4 is 5.82 Å². The number of hydrogen-bond donors (Lipinski definition) is 1. The number of hydrogen-bond acceptors (Lipinski definition) is 4. The molecule has 0 aromatic carbocycles. The molecule has 0 radical (unpaired) electrons. The van der Waals surface area contributed by atoms with Gasteiger partial charge in [0.2, 0.25) is 0 Å². The second kappa shape index (κ2) is 7.46. The van der Waals surface area contributed by atoms with Crippen molar-refractivity contribution in [1.29, 1.82) is 0 Å². The van der Waals surface area contributed by atoms with Gasteiger partial charge >= 0.3 is 0 Å². The van der Waals surface area contributed by atoms with Gasteiger partial charge in [0.1, 0.15) is 5.82 Å². The predicted octanol–water partition coefficient (Wildman–Crippen LogP) is 2.04. The lowest BCUT2D eigenvalue weighted by atomic mass is 10.2. The highest BCUT2D eigenvalue weighted by Gasteiger charge is 2.12. The second-order valence-corrected chi connectivity index (χ2v) is 5.41. The van der Waals surface area contributed by atoms with Gasteiger partial charge in [-0.1, -0.05) is 13.0 Å². The van der Waals surface area contributed by atoms with E-state index in [0.717, 1.165) is 31.9 Å². The average molecular weight is 262 g/mol. The first-order valence-electron chi connectivity index (χ1n) is 7.37. The monoisotopic (exact) mass is 262 g/mol. The van der Waals surface area contributed by atoms with Gasteiger partial charge in [-0.2, -0.15) is 0 Å².